The summed E-state index contributed by atoms with van der Waals surface area (Å²) in [5.41, 5.74) is 0. The molecule has 0 radical (unpaired) electrons. The summed E-state index contributed by atoms with van der Waals surface area (Å²) < 4.78 is 11.4. The van der Waals surface area contributed by atoms with Crippen LogP contribution in [0.4, 0.5) is 0 Å². The van der Waals surface area contributed by atoms with Crippen LogP contribution in [0.15, 0.2) is 0 Å². The van der Waals surface area contributed by atoms with Crippen LogP contribution in [0.25, 0.3) is 0 Å². The van der Waals surface area contributed by atoms with Gasteiger partial charge in [-0.1, -0.05) is 129 Å². The van der Waals surface area contributed by atoms with E-state index in [1.807, 2.05) is 0 Å². The van der Waals surface area contributed by atoms with Gasteiger partial charge in [0.1, 0.15) is 0 Å². The second-order valence-electron chi connectivity index (χ2n) is 8.59. The van der Waals surface area contributed by atoms with E-state index in [9.17, 15) is 0 Å². The zero-order valence-electron chi connectivity index (χ0n) is 19.8. The van der Waals surface area contributed by atoms with Gasteiger partial charge in [0.25, 0.3) is 0 Å². The summed E-state index contributed by atoms with van der Waals surface area (Å²) >= 11 is 0. The first-order chi connectivity index (χ1) is 13.9. The van der Waals surface area contributed by atoms with Gasteiger partial charge in [-0.2, -0.15) is 0 Å². The van der Waals surface area contributed by atoms with Gasteiger partial charge in [0.2, 0.25) is 0 Å². The Labute approximate surface area is 178 Å². The Bertz CT molecular complexity index is 229. The average Bonchev–Trinajstić information content (AvgIpc) is 2.71. The average molecular weight is 399 g/mol. The Morgan fingerprint density at radius 3 is 0.821 bits per heavy atom. The van der Waals surface area contributed by atoms with E-state index in [1.165, 1.54) is 128 Å². The molecule has 0 amide bonds. The molecule has 0 aromatic carbocycles. The monoisotopic (exact) mass is 398 g/mol. The number of rotatable bonds is 25. The maximum Gasteiger partial charge on any atom is 0.0700 e. The predicted octanol–water partition coefficient (Wildman–Crippen LogP) is 8.86. The van der Waals surface area contributed by atoms with Crippen LogP contribution in [0, 0.1) is 0 Å². The van der Waals surface area contributed by atoms with Crippen molar-refractivity contribution in [3.05, 3.63) is 0 Å². The van der Waals surface area contributed by atoms with Crippen molar-refractivity contribution >= 4 is 0 Å². The standard InChI is InChI=1S/C26H54O2/c1-3-5-7-9-11-13-15-17-19-21-23-27-25-26-28-24-22-20-18-16-14-12-10-8-6-4-2/h3-26H2,1-2H3. The van der Waals surface area contributed by atoms with Crippen LogP contribution in [0.2, 0.25) is 0 Å². The number of ether oxygens (including phenoxy) is 2. The highest BCUT2D eigenvalue weighted by Crippen LogP contribution is 2.11. The maximum atomic E-state index is 5.68. The first-order valence-corrected chi connectivity index (χ1v) is 13.1. The lowest BCUT2D eigenvalue weighted by Gasteiger charge is -2.06. The molecular formula is C26H54O2. The van der Waals surface area contributed by atoms with Crippen LogP contribution in [-0.2, 0) is 9.47 Å². The molecule has 28 heavy (non-hydrogen) atoms. The third kappa shape index (κ3) is 25.9. The Morgan fingerprint density at radius 1 is 0.286 bits per heavy atom. The lowest BCUT2D eigenvalue weighted by atomic mass is 10.1. The van der Waals surface area contributed by atoms with Crippen molar-refractivity contribution in [1.29, 1.82) is 0 Å². The van der Waals surface area contributed by atoms with Crippen LogP contribution in [0.1, 0.15) is 142 Å². The largest absolute Gasteiger partial charge is 0.379 e. The van der Waals surface area contributed by atoms with E-state index in [0.29, 0.717) is 0 Å². The van der Waals surface area contributed by atoms with Crippen molar-refractivity contribution in [2.24, 2.45) is 0 Å². The quantitative estimate of drug-likeness (QED) is 0.143. The summed E-state index contributed by atoms with van der Waals surface area (Å²) in [4.78, 5) is 0. The molecule has 0 bridgehead atoms. The van der Waals surface area contributed by atoms with E-state index in [0.717, 1.165) is 26.4 Å². The normalized spacial score (nSPS) is 11.4. The minimum absolute atomic E-state index is 0.773. The van der Waals surface area contributed by atoms with E-state index in [4.69, 9.17) is 9.47 Å². The smallest absolute Gasteiger partial charge is 0.0700 e. The maximum absolute atomic E-state index is 5.68. The molecule has 0 N–H and O–H groups in total. The van der Waals surface area contributed by atoms with Gasteiger partial charge in [-0.15, -0.1) is 0 Å². The molecule has 2 heteroatoms. The molecule has 0 fully saturated rings. The first-order valence-electron chi connectivity index (χ1n) is 13.1. The van der Waals surface area contributed by atoms with Gasteiger partial charge in [-0.05, 0) is 12.8 Å². The minimum atomic E-state index is 0.773. The predicted molar refractivity (Wildman–Crippen MR) is 125 cm³/mol. The highest BCUT2D eigenvalue weighted by atomic mass is 16.5. The molecule has 0 saturated carbocycles. The van der Waals surface area contributed by atoms with Crippen LogP contribution in [0.5, 0.6) is 0 Å². The van der Waals surface area contributed by atoms with Crippen molar-refractivity contribution in [3.63, 3.8) is 0 Å². The first kappa shape index (κ1) is 27.9. The van der Waals surface area contributed by atoms with Crippen molar-refractivity contribution < 1.29 is 9.47 Å². The van der Waals surface area contributed by atoms with Gasteiger partial charge in [0.05, 0.1) is 13.2 Å². The molecule has 0 saturated heterocycles. The molecule has 0 aromatic rings. The fraction of sp³-hybridized carbons (Fsp3) is 1.00. The van der Waals surface area contributed by atoms with E-state index in [2.05, 4.69) is 13.8 Å². The highest BCUT2D eigenvalue weighted by Gasteiger charge is 1.95. The molecule has 0 aliphatic rings. The van der Waals surface area contributed by atoms with Crippen molar-refractivity contribution in [2.45, 2.75) is 142 Å². The lowest BCUT2D eigenvalue weighted by Crippen LogP contribution is -2.06. The minimum Gasteiger partial charge on any atom is -0.379 e. The van der Waals surface area contributed by atoms with Gasteiger partial charge >= 0.3 is 0 Å². The molecule has 0 unspecified atom stereocenters. The Hall–Kier alpha value is -0.0800. The highest BCUT2D eigenvalue weighted by molar-refractivity contribution is 4.48. The van der Waals surface area contributed by atoms with Gasteiger partial charge in [-0.3, -0.25) is 0 Å². The summed E-state index contributed by atoms with van der Waals surface area (Å²) in [5.74, 6) is 0. The van der Waals surface area contributed by atoms with Crippen LogP contribution in [-0.4, -0.2) is 26.4 Å². The summed E-state index contributed by atoms with van der Waals surface area (Å²) in [6.45, 7) is 7.94. The molecule has 0 aromatic heterocycles. The summed E-state index contributed by atoms with van der Waals surface area (Å²) in [5, 5.41) is 0. The Kier molecular flexibility index (Phi) is 26.8. The zero-order chi connectivity index (χ0) is 20.4. The molecule has 170 valence electrons. The molecule has 0 rings (SSSR count). The van der Waals surface area contributed by atoms with Crippen LogP contribution >= 0.6 is 0 Å². The van der Waals surface area contributed by atoms with E-state index < -0.39 is 0 Å². The SMILES string of the molecule is CCCCCCCCCCCCOCCOCCCCCCCCCCCC. The molecule has 0 aliphatic heterocycles. The molecule has 0 aliphatic carbocycles. The number of hydrogen-bond donors (Lipinski definition) is 0. The topological polar surface area (TPSA) is 18.5 Å². The lowest BCUT2D eigenvalue weighted by molar-refractivity contribution is 0.0448. The van der Waals surface area contributed by atoms with Gasteiger partial charge in [-0.25, -0.2) is 0 Å². The van der Waals surface area contributed by atoms with E-state index in [1.54, 1.807) is 0 Å². The van der Waals surface area contributed by atoms with Gasteiger partial charge < -0.3 is 9.47 Å². The second-order valence-corrected chi connectivity index (χ2v) is 8.59. The fourth-order valence-corrected chi connectivity index (χ4v) is 3.71. The van der Waals surface area contributed by atoms with Gasteiger partial charge in [0.15, 0.2) is 0 Å². The second kappa shape index (κ2) is 26.9. The van der Waals surface area contributed by atoms with Gasteiger partial charge in [0, 0.05) is 13.2 Å². The Balaban J connectivity index is 2.96. The molecular weight excluding hydrogens is 344 g/mol. The molecule has 0 heterocycles. The van der Waals surface area contributed by atoms with Crippen molar-refractivity contribution in [2.75, 3.05) is 26.4 Å². The zero-order valence-corrected chi connectivity index (χ0v) is 19.8. The van der Waals surface area contributed by atoms with Crippen molar-refractivity contribution in [3.8, 4) is 0 Å². The van der Waals surface area contributed by atoms with Crippen LogP contribution in [0.3, 0.4) is 0 Å². The Morgan fingerprint density at radius 2 is 0.536 bits per heavy atom. The summed E-state index contributed by atoms with van der Waals surface area (Å²) in [7, 11) is 0. The summed E-state index contributed by atoms with van der Waals surface area (Å²) in [6, 6.07) is 0. The molecule has 2 nitrogen and oxygen atoms in total. The van der Waals surface area contributed by atoms with Crippen LogP contribution < -0.4 is 0 Å². The number of hydrogen-bond acceptors (Lipinski definition) is 2. The van der Waals surface area contributed by atoms with E-state index >= 15 is 0 Å². The molecule has 0 atom stereocenters. The number of unbranched alkanes of at least 4 members (excludes halogenated alkanes) is 18. The third-order valence-electron chi connectivity index (χ3n) is 5.66. The molecule has 0 spiro atoms. The van der Waals surface area contributed by atoms with E-state index in [-0.39, 0.29) is 0 Å². The fourth-order valence-electron chi connectivity index (χ4n) is 3.71. The van der Waals surface area contributed by atoms with Crippen molar-refractivity contribution in [1.82, 2.24) is 0 Å². The third-order valence-corrected chi connectivity index (χ3v) is 5.66. The summed E-state index contributed by atoms with van der Waals surface area (Å²) in [6.07, 6.45) is 27.7.